The molecule has 1 amide bonds. The van der Waals surface area contributed by atoms with Crippen molar-refractivity contribution in [1.29, 1.82) is 0 Å². The van der Waals surface area contributed by atoms with Crippen LogP contribution in [0.3, 0.4) is 0 Å². The molecule has 1 saturated heterocycles. The molecule has 5 nitrogen and oxygen atoms in total. The molecule has 0 aliphatic carbocycles. The van der Waals surface area contributed by atoms with Crippen molar-refractivity contribution in [2.45, 2.75) is 29.9 Å². The number of benzene rings is 2. The van der Waals surface area contributed by atoms with Crippen LogP contribution in [0.15, 0.2) is 53.4 Å². The van der Waals surface area contributed by atoms with Crippen LogP contribution in [0.25, 0.3) is 0 Å². The zero-order chi connectivity index (χ0) is 18.7. The van der Waals surface area contributed by atoms with E-state index in [1.807, 2.05) is 31.2 Å². The Kier molecular flexibility index (Phi) is 5.32. The number of likely N-dealkylation sites (tertiary alicyclic amines) is 1. The van der Waals surface area contributed by atoms with Crippen LogP contribution in [0, 0.1) is 6.92 Å². The molecule has 0 aromatic heterocycles. The van der Waals surface area contributed by atoms with Gasteiger partial charge in [-0.25, -0.2) is 8.42 Å². The average molecular weight is 373 g/mol. The van der Waals surface area contributed by atoms with Gasteiger partial charge >= 0.3 is 0 Å². The zero-order valence-electron chi connectivity index (χ0n) is 15.0. The van der Waals surface area contributed by atoms with Gasteiger partial charge in [0.05, 0.1) is 17.3 Å². The summed E-state index contributed by atoms with van der Waals surface area (Å²) in [5, 5.41) is -0.460. The molecule has 2 aromatic carbocycles. The molecule has 0 N–H and O–H groups in total. The number of hydrogen-bond donors (Lipinski definition) is 0. The normalized spacial score (nSPS) is 15.7. The van der Waals surface area contributed by atoms with Crippen molar-refractivity contribution in [1.82, 2.24) is 4.90 Å². The highest BCUT2D eigenvalue weighted by Gasteiger charge is 2.32. The van der Waals surface area contributed by atoms with Gasteiger partial charge in [-0.05, 0) is 56.2 Å². The summed E-state index contributed by atoms with van der Waals surface area (Å²) in [6, 6.07) is 13.9. The van der Waals surface area contributed by atoms with Gasteiger partial charge in [-0.3, -0.25) is 4.79 Å². The lowest BCUT2D eigenvalue weighted by Gasteiger charge is -2.31. The predicted molar refractivity (Wildman–Crippen MR) is 100 cm³/mol. The average Bonchev–Trinajstić information content (AvgIpc) is 2.68. The number of hydrogen-bond acceptors (Lipinski definition) is 4. The Morgan fingerprint density at radius 3 is 2.12 bits per heavy atom. The lowest BCUT2D eigenvalue weighted by Crippen LogP contribution is -2.42. The highest BCUT2D eigenvalue weighted by atomic mass is 32.2. The largest absolute Gasteiger partial charge is 0.497 e. The summed E-state index contributed by atoms with van der Waals surface area (Å²) in [6.07, 6.45) is 0.901. The van der Waals surface area contributed by atoms with E-state index in [2.05, 4.69) is 0 Å². The van der Waals surface area contributed by atoms with Gasteiger partial charge in [0.2, 0.25) is 0 Å². The van der Waals surface area contributed by atoms with E-state index in [9.17, 15) is 13.2 Å². The minimum Gasteiger partial charge on any atom is -0.497 e. The van der Waals surface area contributed by atoms with E-state index in [1.165, 1.54) is 0 Å². The van der Waals surface area contributed by atoms with Crippen LogP contribution in [-0.2, 0) is 9.84 Å². The molecule has 0 bridgehead atoms. The molecule has 1 aliphatic rings. The Bertz CT molecular complexity index is 865. The molecule has 1 heterocycles. The maximum Gasteiger partial charge on any atom is 0.253 e. The van der Waals surface area contributed by atoms with Gasteiger partial charge < -0.3 is 9.64 Å². The molecule has 1 fully saturated rings. The van der Waals surface area contributed by atoms with Crippen LogP contribution in [0.2, 0.25) is 0 Å². The molecule has 0 saturated carbocycles. The summed E-state index contributed by atoms with van der Waals surface area (Å²) in [7, 11) is -1.85. The number of rotatable bonds is 4. The van der Waals surface area contributed by atoms with Gasteiger partial charge in [0.25, 0.3) is 5.91 Å². The molecule has 138 valence electrons. The van der Waals surface area contributed by atoms with E-state index in [0.717, 1.165) is 5.56 Å². The fourth-order valence-electron chi connectivity index (χ4n) is 3.21. The Labute approximate surface area is 154 Å². The van der Waals surface area contributed by atoms with Crippen LogP contribution < -0.4 is 4.74 Å². The van der Waals surface area contributed by atoms with Crippen LogP contribution in [0.5, 0.6) is 5.75 Å². The van der Waals surface area contributed by atoms with Crippen molar-refractivity contribution >= 4 is 15.7 Å². The summed E-state index contributed by atoms with van der Waals surface area (Å²) in [6.45, 7) is 2.88. The molecule has 0 spiro atoms. The molecule has 2 aromatic rings. The van der Waals surface area contributed by atoms with E-state index < -0.39 is 15.1 Å². The maximum atomic E-state index is 12.8. The number of methoxy groups -OCH3 is 1. The number of piperidine rings is 1. The molecule has 0 unspecified atom stereocenters. The number of carbonyl (C=O) groups excluding carboxylic acids is 1. The minimum atomic E-state index is -3.40. The molecular weight excluding hydrogens is 350 g/mol. The highest BCUT2D eigenvalue weighted by Crippen LogP contribution is 2.26. The molecular formula is C20H23NO4S. The van der Waals surface area contributed by atoms with E-state index in [-0.39, 0.29) is 5.91 Å². The van der Waals surface area contributed by atoms with Gasteiger partial charge in [-0.1, -0.05) is 17.7 Å². The quantitative estimate of drug-likeness (QED) is 0.826. The summed E-state index contributed by atoms with van der Waals surface area (Å²) >= 11 is 0. The predicted octanol–water partition coefficient (Wildman–Crippen LogP) is 3.08. The van der Waals surface area contributed by atoms with Crippen molar-refractivity contribution in [3.8, 4) is 5.75 Å². The van der Waals surface area contributed by atoms with Crippen LogP contribution in [0.1, 0.15) is 28.8 Å². The fourth-order valence-corrected chi connectivity index (χ4v) is 4.94. The Balaban J connectivity index is 1.67. The zero-order valence-corrected chi connectivity index (χ0v) is 15.8. The van der Waals surface area contributed by atoms with E-state index in [0.29, 0.717) is 42.1 Å². The lowest BCUT2D eigenvalue weighted by atomic mass is 10.1. The van der Waals surface area contributed by atoms with Crippen LogP contribution in [0.4, 0.5) is 0 Å². The van der Waals surface area contributed by atoms with Crippen LogP contribution >= 0.6 is 0 Å². The van der Waals surface area contributed by atoms with Gasteiger partial charge in [-0.2, -0.15) is 0 Å². The molecule has 1 aliphatic heterocycles. The first-order chi connectivity index (χ1) is 12.4. The van der Waals surface area contributed by atoms with Crippen molar-refractivity contribution in [2.75, 3.05) is 20.2 Å². The molecule has 26 heavy (non-hydrogen) atoms. The minimum absolute atomic E-state index is 0.0368. The summed E-state index contributed by atoms with van der Waals surface area (Å²) in [5.74, 6) is 0.591. The molecule has 6 heteroatoms. The van der Waals surface area contributed by atoms with E-state index in [1.54, 1.807) is 36.3 Å². The first kappa shape index (κ1) is 18.5. The molecule has 0 atom stereocenters. The molecule has 3 rings (SSSR count). The number of aryl methyl sites for hydroxylation is 1. The second-order valence-electron chi connectivity index (χ2n) is 6.58. The monoisotopic (exact) mass is 373 g/mol. The number of amides is 1. The third-order valence-corrected chi connectivity index (χ3v) is 7.13. The van der Waals surface area contributed by atoms with E-state index in [4.69, 9.17) is 4.74 Å². The number of ether oxygens (including phenoxy) is 1. The SMILES string of the molecule is COc1ccc(S(=O)(=O)C2CCN(C(=O)c3ccc(C)cc3)CC2)cc1. The fraction of sp³-hybridized carbons (Fsp3) is 0.350. The topological polar surface area (TPSA) is 63.7 Å². The van der Waals surface area contributed by atoms with E-state index >= 15 is 0 Å². The van der Waals surface area contributed by atoms with Gasteiger partial charge in [0.1, 0.15) is 5.75 Å². The second-order valence-corrected chi connectivity index (χ2v) is 8.81. The lowest BCUT2D eigenvalue weighted by molar-refractivity contribution is 0.0725. The Morgan fingerprint density at radius 1 is 1.00 bits per heavy atom. The summed E-state index contributed by atoms with van der Waals surface area (Å²) < 4.78 is 30.7. The highest BCUT2D eigenvalue weighted by molar-refractivity contribution is 7.92. The van der Waals surface area contributed by atoms with Crippen molar-refractivity contribution in [3.63, 3.8) is 0 Å². The number of nitrogens with zero attached hydrogens (tertiary/aromatic N) is 1. The van der Waals surface area contributed by atoms with Crippen molar-refractivity contribution in [2.24, 2.45) is 0 Å². The summed E-state index contributed by atoms with van der Waals surface area (Å²) in [5.41, 5.74) is 1.75. The third kappa shape index (κ3) is 3.75. The van der Waals surface area contributed by atoms with Gasteiger partial charge in [0.15, 0.2) is 9.84 Å². The first-order valence-electron chi connectivity index (χ1n) is 8.65. The standard InChI is InChI=1S/C20H23NO4S/c1-15-3-5-16(6-4-15)20(22)21-13-11-19(12-14-21)26(23,24)18-9-7-17(25-2)8-10-18/h3-10,19H,11-14H2,1-2H3. The maximum absolute atomic E-state index is 12.8. The Hall–Kier alpha value is -2.34. The van der Waals surface area contributed by atoms with Crippen LogP contribution in [-0.4, -0.2) is 44.7 Å². The first-order valence-corrected chi connectivity index (χ1v) is 10.2. The van der Waals surface area contributed by atoms with Gasteiger partial charge in [-0.15, -0.1) is 0 Å². The van der Waals surface area contributed by atoms with Crippen molar-refractivity contribution in [3.05, 3.63) is 59.7 Å². The van der Waals surface area contributed by atoms with Gasteiger partial charge in [0, 0.05) is 18.7 Å². The smallest absolute Gasteiger partial charge is 0.253 e. The van der Waals surface area contributed by atoms with Crippen molar-refractivity contribution < 1.29 is 17.9 Å². The third-order valence-electron chi connectivity index (χ3n) is 4.85. The molecule has 0 radical (unpaired) electrons. The number of sulfone groups is 1. The second kappa shape index (κ2) is 7.50. The Morgan fingerprint density at radius 2 is 1.58 bits per heavy atom. The number of carbonyl (C=O) groups is 1. The summed E-state index contributed by atoms with van der Waals surface area (Å²) in [4.78, 5) is 14.6.